The summed E-state index contributed by atoms with van der Waals surface area (Å²) in [5.41, 5.74) is 2.82. The van der Waals surface area contributed by atoms with E-state index in [-0.39, 0.29) is 23.8 Å². The second-order valence-corrected chi connectivity index (χ2v) is 8.96. The summed E-state index contributed by atoms with van der Waals surface area (Å²) in [6, 6.07) is 7.16. The molecule has 8 nitrogen and oxygen atoms in total. The van der Waals surface area contributed by atoms with Crippen molar-refractivity contribution in [2.24, 2.45) is 15.9 Å². The van der Waals surface area contributed by atoms with E-state index in [1.807, 2.05) is 49.3 Å². The first kappa shape index (κ1) is 23.8. The standard InChI is InChI=1S/C28H30N6O2/c35-27(21-7-3-19(4-8-21)25-29-15-1-16-30-25)33-23-11-13-24(14-12-23)34-28(36)22-9-5-20(6-10-22)26-31-17-2-18-32-26/h3-14,19,23H,1-2,15-18H2,(H,29,30)(H,31,32)(H,33,35)(H,34,36). The average molecular weight is 483 g/mol. The van der Waals surface area contributed by atoms with Crippen molar-refractivity contribution in [3.8, 4) is 0 Å². The molecule has 2 atom stereocenters. The summed E-state index contributed by atoms with van der Waals surface area (Å²) < 4.78 is 0. The minimum absolute atomic E-state index is 0.0889. The highest BCUT2D eigenvalue weighted by atomic mass is 16.2. The number of nitrogens with zero attached hydrogens (tertiary/aromatic N) is 2. The molecule has 1 aromatic carbocycles. The smallest absolute Gasteiger partial charge is 0.255 e. The Kier molecular flexibility index (Phi) is 7.40. The molecule has 5 rings (SSSR count). The number of amidine groups is 2. The van der Waals surface area contributed by atoms with Gasteiger partial charge in [-0.25, -0.2) is 0 Å². The van der Waals surface area contributed by atoms with E-state index in [9.17, 15) is 9.59 Å². The molecule has 8 heteroatoms. The number of nitrogens with one attached hydrogen (secondary N) is 4. The zero-order valence-corrected chi connectivity index (χ0v) is 20.0. The molecule has 2 heterocycles. The van der Waals surface area contributed by atoms with Gasteiger partial charge >= 0.3 is 0 Å². The van der Waals surface area contributed by atoms with Crippen molar-refractivity contribution in [1.82, 2.24) is 21.3 Å². The third-order valence-corrected chi connectivity index (χ3v) is 6.31. The fourth-order valence-corrected chi connectivity index (χ4v) is 4.30. The van der Waals surface area contributed by atoms with E-state index in [1.54, 1.807) is 24.3 Å². The van der Waals surface area contributed by atoms with Crippen LogP contribution in [0.5, 0.6) is 0 Å². The monoisotopic (exact) mass is 482 g/mol. The van der Waals surface area contributed by atoms with Crippen molar-refractivity contribution in [3.05, 3.63) is 96.0 Å². The third kappa shape index (κ3) is 5.82. The lowest BCUT2D eigenvalue weighted by Gasteiger charge is -2.23. The summed E-state index contributed by atoms with van der Waals surface area (Å²) in [5, 5.41) is 12.5. The van der Waals surface area contributed by atoms with Crippen LogP contribution in [0.2, 0.25) is 0 Å². The molecule has 2 aliphatic carbocycles. The van der Waals surface area contributed by atoms with Crippen LogP contribution in [0.1, 0.15) is 28.8 Å². The van der Waals surface area contributed by atoms with Gasteiger partial charge in [-0.15, -0.1) is 0 Å². The van der Waals surface area contributed by atoms with Gasteiger partial charge in [-0.05, 0) is 37.5 Å². The van der Waals surface area contributed by atoms with Crippen molar-refractivity contribution < 1.29 is 9.59 Å². The number of hydrogen-bond donors (Lipinski definition) is 4. The topological polar surface area (TPSA) is 107 Å². The van der Waals surface area contributed by atoms with Gasteiger partial charge in [0.25, 0.3) is 11.8 Å². The van der Waals surface area contributed by atoms with Crippen LogP contribution in [0.25, 0.3) is 0 Å². The number of rotatable bonds is 6. The Morgan fingerprint density at radius 3 is 2.31 bits per heavy atom. The van der Waals surface area contributed by atoms with Crippen LogP contribution in [-0.4, -0.2) is 55.7 Å². The number of aliphatic imine (C=N–C) groups is 2. The maximum Gasteiger partial charge on any atom is 0.255 e. The van der Waals surface area contributed by atoms with Gasteiger partial charge < -0.3 is 21.3 Å². The van der Waals surface area contributed by atoms with E-state index < -0.39 is 0 Å². The molecule has 36 heavy (non-hydrogen) atoms. The molecule has 2 aliphatic heterocycles. The molecule has 0 saturated carbocycles. The van der Waals surface area contributed by atoms with Gasteiger partial charge in [0.1, 0.15) is 11.7 Å². The molecular formula is C28H30N6O2. The average Bonchev–Trinajstić information content (AvgIpc) is 2.95. The minimum atomic E-state index is -0.252. The van der Waals surface area contributed by atoms with Gasteiger partial charge in [0, 0.05) is 60.9 Å². The number of amides is 2. The molecule has 2 unspecified atom stereocenters. The van der Waals surface area contributed by atoms with Gasteiger partial charge in [-0.1, -0.05) is 42.5 Å². The van der Waals surface area contributed by atoms with Gasteiger partial charge in [-0.3, -0.25) is 19.6 Å². The van der Waals surface area contributed by atoms with E-state index >= 15 is 0 Å². The first-order valence-corrected chi connectivity index (χ1v) is 12.4. The summed E-state index contributed by atoms with van der Waals surface area (Å²) in [6.45, 7) is 3.52. The Morgan fingerprint density at radius 2 is 1.67 bits per heavy atom. The van der Waals surface area contributed by atoms with E-state index in [0.29, 0.717) is 16.8 Å². The SMILES string of the molecule is O=C(NC1[CH]C=C(NC(=O)c2ccc(C3=NCCCN3)cc2)C=C1)C1=C[CH]C(C2=NCCCN2)C=C1. The number of allylic oxidation sites excluding steroid dienone is 2. The zero-order chi connectivity index (χ0) is 24.7. The van der Waals surface area contributed by atoms with Gasteiger partial charge in [-0.2, -0.15) is 0 Å². The Hall–Kier alpha value is -3.94. The molecule has 2 amide bonds. The number of hydrogen-bond acceptors (Lipinski definition) is 6. The molecule has 0 spiro atoms. The van der Waals surface area contributed by atoms with E-state index in [2.05, 4.69) is 31.3 Å². The number of carbonyl (C=O) groups excluding carboxylic acids is 2. The molecule has 0 bridgehead atoms. The maximum atomic E-state index is 12.7. The van der Waals surface area contributed by atoms with Gasteiger partial charge in [0.15, 0.2) is 0 Å². The molecule has 2 radical (unpaired) electrons. The van der Waals surface area contributed by atoms with Crippen LogP contribution < -0.4 is 21.3 Å². The summed E-state index contributed by atoms with van der Waals surface area (Å²) in [6.07, 6.45) is 17.1. The van der Waals surface area contributed by atoms with Crippen LogP contribution >= 0.6 is 0 Å². The molecule has 4 aliphatic rings. The van der Waals surface area contributed by atoms with E-state index in [0.717, 1.165) is 56.3 Å². The summed E-state index contributed by atoms with van der Waals surface area (Å²) in [4.78, 5) is 34.3. The van der Waals surface area contributed by atoms with E-state index in [1.165, 1.54) is 0 Å². The highest BCUT2D eigenvalue weighted by Crippen LogP contribution is 2.18. The van der Waals surface area contributed by atoms with Crippen LogP contribution in [0, 0.1) is 18.8 Å². The molecular weight excluding hydrogens is 452 g/mol. The van der Waals surface area contributed by atoms with Gasteiger partial charge in [0.05, 0.1) is 6.04 Å². The molecule has 0 aromatic heterocycles. The Labute approximate surface area is 211 Å². The Morgan fingerprint density at radius 1 is 0.861 bits per heavy atom. The molecule has 184 valence electrons. The Bertz CT molecular complexity index is 1190. The van der Waals surface area contributed by atoms with Gasteiger partial charge in [0.2, 0.25) is 0 Å². The molecule has 1 aromatic rings. The normalized spacial score (nSPS) is 23.2. The predicted octanol–water partition coefficient (Wildman–Crippen LogP) is 2.01. The Balaban J connectivity index is 1.09. The van der Waals surface area contributed by atoms with Crippen molar-refractivity contribution >= 4 is 23.5 Å². The van der Waals surface area contributed by atoms with Crippen LogP contribution in [0.15, 0.2) is 82.0 Å². The van der Waals surface area contributed by atoms with Crippen LogP contribution in [0.4, 0.5) is 0 Å². The lowest BCUT2D eigenvalue weighted by Crippen LogP contribution is -2.37. The van der Waals surface area contributed by atoms with Crippen LogP contribution in [0.3, 0.4) is 0 Å². The lowest BCUT2D eigenvalue weighted by molar-refractivity contribution is -0.117. The first-order valence-electron chi connectivity index (χ1n) is 12.4. The summed E-state index contributed by atoms with van der Waals surface area (Å²) >= 11 is 0. The zero-order valence-electron chi connectivity index (χ0n) is 20.0. The van der Waals surface area contributed by atoms with Crippen molar-refractivity contribution in [3.63, 3.8) is 0 Å². The lowest BCUT2D eigenvalue weighted by atomic mass is 9.94. The highest BCUT2D eigenvalue weighted by molar-refractivity contribution is 6.01. The minimum Gasteiger partial charge on any atom is -0.373 e. The predicted molar refractivity (Wildman–Crippen MR) is 141 cm³/mol. The fraction of sp³-hybridized carbons (Fsp3) is 0.286. The van der Waals surface area contributed by atoms with Crippen molar-refractivity contribution in [2.45, 2.75) is 18.9 Å². The molecule has 0 fully saturated rings. The van der Waals surface area contributed by atoms with Crippen LogP contribution in [-0.2, 0) is 4.79 Å². The number of carbonyl (C=O) groups is 2. The highest BCUT2D eigenvalue weighted by Gasteiger charge is 2.21. The summed E-state index contributed by atoms with van der Waals surface area (Å²) in [7, 11) is 0. The second kappa shape index (κ2) is 11.2. The first-order chi connectivity index (χ1) is 17.7. The second-order valence-electron chi connectivity index (χ2n) is 8.96. The summed E-state index contributed by atoms with van der Waals surface area (Å²) in [5.74, 6) is 1.59. The molecule has 0 saturated heterocycles. The number of benzene rings is 1. The fourth-order valence-electron chi connectivity index (χ4n) is 4.30. The quantitative estimate of drug-likeness (QED) is 0.498. The van der Waals surface area contributed by atoms with E-state index in [4.69, 9.17) is 0 Å². The largest absolute Gasteiger partial charge is 0.373 e. The van der Waals surface area contributed by atoms with Crippen molar-refractivity contribution in [2.75, 3.05) is 26.2 Å². The van der Waals surface area contributed by atoms with Crippen molar-refractivity contribution in [1.29, 1.82) is 0 Å². The third-order valence-electron chi connectivity index (χ3n) is 6.31. The molecule has 4 N–H and O–H groups in total. The maximum absolute atomic E-state index is 12.7.